The number of hydrogen-bond acceptors (Lipinski definition) is 26. The quantitative estimate of drug-likeness (QED) is 0.0941. The number of aromatic amines is 5. The van der Waals surface area contributed by atoms with Crippen LogP contribution in [0, 0.1) is 0 Å². The van der Waals surface area contributed by atoms with Gasteiger partial charge in [0, 0.05) is 145 Å². The van der Waals surface area contributed by atoms with Gasteiger partial charge in [-0.1, -0.05) is 65.8 Å². The lowest BCUT2D eigenvalue weighted by Crippen LogP contribution is -1.66. The third kappa shape index (κ3) is 59.1. The van der Waals surface area contributed by atoms with E-state index < -0.39 is 0 Å². The lowest BCUT2D eigenvalue weighted by molar-refractivity contribution is 0.420. The fraction of sp³-hybridized carbons (Fsp3) is 0. The maximum absolute atomic E-state index is 5.12. The molecule has 0 aliphatic carbocycles. The molecule has 0 amide bonds. The van der Waals surface area contributed by atoms with Gasteiger partial charge < -0.3 is 27.7 Å². The number of rotatable bonds is 0. The van der Waals surface area contributed by atoms with Gasteiger partial charge in [0.25, 0.3) is 0 Å². The van der Waals surface area contributed by atoms with Crippen LogP contribution in [0.2, 0.25) is 0 Å². The molecule has 2 aromatic carbocycles. The Kier molecular flexibility index (Phi) is 57.4. The Morgan fingerprint density at radius 2 is 0.981 bits per heavy atom. The summed E-state index contributed by atoms with van der Waals surface area (Å²) in [6.45, 7) is 0. The van der Waals surface area contributed by atoms with E-state index in [1.54, 1.807) is 219 Å². The number of benzene rings is 2. The Balaban J connectivity index is 0.000000284. The van der Waals surface area contributed by atoms with Crippen LogP contribution < -0.4 is 0 Å². The Morgan fingerprint density at radius 1 is 0.311 bits per heavy atom. The van der Waals surface area contributed by atoms with Gasteiger partial charge in [-0.05, 0) is 136 Å². The second-order valence-corrected chi connectivity index (χ2v) is 19.9. The van der Waals surface area contributed by atoms with Crippen LogP contribution in [0.3, 0.4) is 0 Å². The van der Waals surface area contributed by atoms with Crippen LogP contribution in [0.15, 0.2) is 432 Å². The molecule has 0 saturated heterocycles. The van der Waals surface area contributed by atoms with Crippen molar-refractivity contribution in [1.82, 2.24) is 115 Å². The van der Waals surface area contributed by atoms with Gasteiger partial charge in [0.15, 0.2) is 6.39 Å². The van der Waals surface area contributed by atoms with Gasteiger partial charge in [-0.25, -0.2) is 39.3 Å². The minimum atomic E-state index is 0.956. The molecule has 0 atom stereocenters. The van der Waals surface area contributed by atoms with Gasteiger partial charge in [-0.2, -0.15) is 36.9 Å². The highest BCUT2D eigenvalue weighted by Crippen LogP contribution is 2.19. The molecule has 18 heterocycles. The van der Waals surface area contributed by atoms with E-state index in [1.165, 1.54) is 65.8 Å². The fourth-order valence-corrected chi connectivity index (χ4v) is 7.34. The number of thiazole rings is 1. The molecule has 0 aliphatic heterocycles. The largest absolute Gasteiger partial charge is 0.473 e. The summed E-state index contributed by atoms with van der Waals surface area (Å²) >= 11 is 6.57. The molecule has 0 radical (unpaired) electrons. The van der Waals surface area contributed by atoms with Gasteiger partial charge in [0.2, 0.25) is 0 Å². The zero-order valence-electron chi connectivity index (χ0n) is 55.1. The predicted molar refractivity (Wildman–Crippen MR) is 404 cm³/mol. The van der Waals surface area contributed by atoms with Crippen LogP contribution in [-0.4, -0.2) is 115 Å². The summed E-state index contributed by atoms with van der Waals surface area (Å²) in [5, 5.41) is 37.4. The number of hydrogen-bond donors (Lipinski definition) is 5. The summed E-state index contributed by atoms with van der Waals surface area (Å²) in [6.07, 6.45) is 57.8. The van der Waals surface area contributed by atoms with Crippen LogP contribution in [0.25, 0.3) is 21.1 Å². The summed E-state index contributed by atoms with van der Waals surface area (Å²) in [7, 11) is 0. The highest BCUT2D eigenvalue weighted by molar-refractivity contribution is 7.17. The van der Waals surface area contributed by atoms with Crippen molar-refractivity contribution < 1.29 is 17.8 Å². The SMILES string of the molecule is c1c[nH]cn1.c1cc[nH]c1.c1ccc2occc2c1.c1ccc2sccc2c1.c1ccncc1.c1ccncc1.c1ccoc1.c1ccsc1.c1cn[nH]c1.c1cn[nH]n1.c1cnccn1.c1cncnc1.c1cncnc1.c1cnoc1.c1cnsc1.c1cocn1.c1cscn1.c1nc[nH]n1. The molecule has 0 unspecified atom stereocenters. The van der Waals surface area contributed by atoms with Crippen molar-refractivity contribution in [3.8, 4) is 0 Å². The third-order valence-corrected chi connectivity index (χ3v) is 12.1. The monoisotopic (exact) mass is 1450 g/mol. The molecule has 20 rings (SSSR count). The molecule has 0 saturated carbocycles. The first-order valence-corrected chi connectivity index (χ1v) is 33.5. The smallest absolute Gasteiger partial charge is 0.180 e. The van der Waals surface area contributed by atoms with Gasteiger partial charge in [0.1, 0.15) is 43.4 Å². The average molecular weight is 1450 g/mol. The molecule has 27 nitrogen and oxygen atoms in total. The second kappa shape index (κ2) is 70.9. The molecular formula is C72H73N23O4S4. The molecule has 18 aromatic heterocycles. The first-order chi connectivity index (χ1) is 51.4. The van der Waals surface area contributed by atoms with Crippen molar-refractivity contribution in [2.75, 3.05) is 0 Å². The number of nitrogens with zero attached hydrogens (tertiary/aromatic N) is 18. The number of aromatic nitrogens is 23. The number of nitrogens with one attached hydrogen (secondary N) is 5. The molecule has 103 heavy (non-hydrogen) atoms. The number of fused-ring (bicyclic) bond motifs is 2. The van der Waals surface area contributed by atoms with E-state index in [1.807, 2.05) is 149 Å². The van der Waals surface area contributed by atoms with E-state index in [9.17, 15) is 0 Å². The van der Waals surface area contributed by atoms with E-state index >= 15 is 0 Å². The lowest BCUT2D eigenvalue weighted by atomic mass is 10.3. The first-order valence-electron chi connectivity index (χ1n) is 29.9. The number of H-pyrrole nitrogens is 5. The van der Waals surface area contributed by atoms with E-state index in [2.05, 4.69) is 164 Å². The van der Waals surface area contributed by atoms with Gasteiger partial charge in [0.05, 0.1) is 55.4 Å². The molecule has 20 aromatic rings. The summed E-state index contributed by atoms with van der Waals surface area (Å²) in [5.74, 6) is 0. The zero-order valence-corrected chi connectivity index (χ0v) is 58.3. The van der Waals surface area contributed by atoms with Gasteiger partial charge >= 0.3 is 0 Å². The van der Waals surface area contributed by atoms with Crippen LogP contribution in [0.5, 0.6) is 0 Å². The van der Waals surface area contributed by atoms with E-state index in [-0.39, 0.29) is 0 Å². The minimum Gasteiger partial charge on any atom is -0.473 e. The fourth-order valence-electron chi connectivity index (χ4n) is 5.40. The molecule has 5 N–H and O–H groups in total. The summed E-state index contributed by atoms with van der Waals surface area (Å²) in [6, 6.07) is 52.5. The van der Waals surface area contributed by atoms with Gasteiger partial charge in [-0.3, -0.25) is 35.1 Å². The Bertz CT molecular complexity index is 3270. The number of oxazole rings is 1. The molecule has 0 bridgehead atoms. The van der Waals surface area contributed by atoms with Crippen molar-refractivity contribution >= 4 is 66.6 Å². The first kappa shape index (κ1) is 83.3. The second-order valence-electron chi connectivity index (χ2n) is 16.7. The number of imidazole rings is 1. The maximum Gasteiger partial charge on any atom is 0.180 e. The number of para-hydroxylation sites is 1. The molecule has 0 fully saturated rings. The standard InChI is InChI=1S/C8H6O.C8H6S.2C5H5N.3C4H4N2.C4H5N.C4H4O.C4H4S.2C3H4N2.2C3H3NO.2C3H3NS.2C2H3N3/c2*1-2-4-8-7(3-1)5-6-9-8;2*1-2-4-6-5-3-1;1-2-6-4-3-5-1;2*1-2-5-4-6-3-1;3*1-2-4-5-3-1;1-2-5-3-4-1;1-2-4-5-3-1;1-2-5-3-4-1;1-2-4-5-3-1;1-2-5-3-4-1;1-2-4-5-3-1;1-3-2-5-4-1;1-2-4-5-3-1/h2*1-6H;2*1-5H;3*1-4H;1-5H;2*1-4H;2*1-3H,(H,4,5);4*1-3H;2*1-2H,(H,3,4,5). The Hall–Kier alpha value is -13.9. The summed E-state index contributed by atoms with van der Waals surface area (Å²) in [4.78, 5) is 49.8. The van der Waals surface area contributed by atoms with Crippen molar-refractivity contribution in [2.24, 2.45) is 0 Å². The van der Waals surface area contributed by atoms with Crippen molar-refractivity contribution in [1.29, 1.82) is 0 Å². The molecule has 31 heteroatoms. The molecular weight excluding hydrogens is 1380 g/mol. The van der Waals surface area contributed by atoms with Gasteiger partial charge in [-0.15, -0.1) is 22.7 Å². The molecule has 0 spiro atoms. The Morgan fingerprint density at radius 3 is 1.26 bits per heavy atom. The van der Waals surface area contributed by atoms with Crippen molar-refractivity contribution in [2.45, 2.75) is 0 Å². The Labute approximate surface area is 610 Å². The third-order valence-electron chi connectivity index (χ3n) is 9.50. The van der Waals surface area contributed by atoms with E-state index in [4.69, 9.17) is 4.42 Å². The number of furan rings is 2. The van der Waals surface area contributed by atoms with Crippen molar-refractivity contribution in [3.05, 3.63) is 414 Å². The molecule has 0 aliphatic rings. The summed E-state index contributed by atoms with van der Waals surface area (Å²) in [5.41, 5.74) is 2.75. The zero-order chi connectivity index (χ0) is 72.3. The lowest BCUT2D eigenvalue weighted by Gasteiger charge is -1.82. The topological polar surface area (TPSA) is 364 Å². The van der Waals surface area contributed by atoms with E-state index in [0.29, 0.717) is 0 Å². The molecule has 524 valence electrons. The van der Waals surface area contributed by atoms with E-state index in [0.717, 1.165) is 11.0 Å². The van der Waals surface area contributed by atoms with Crippen molar-refractivity contribution in [3.63, 3.8) is 0 Å². The highest BCUT2D eigenvalue weighted by atomic mass is 32.1. The average Bonchev–Trinajstić information content (AvgIpc) is 2.01. The van der Waals surface area contributed by atoms with Crippen LogP contribution in [0.4, 0.5) is 0 Å². The minimum absolute atomic E-state index is 0.956. The number of pyridine rings is 2. The van der Waals surface area contributed by atoms with Crippen LogP contribution >= 0.6 is 45.5 Å². The van der Waals surface area contributed by atoms with Crippen LogP contribution in [0.1, 0.15) is 0 Å². The van der Waals surface area contributed by atoms with Crippen LogP contribution in [-0.2, 0) is 0 Å². The number of thiophene rings is 2. The predicted octanol–water partition coefficient (Wildman–Crippen LogP) is 17.0. The summed E-state index contributed by atoms with van der Waals surface area (Å²) < 4.78 is 23.6. The normalized spacial score (nSPS) is 8.39. The maximum atomic E-state index is 5.12. The highest BCUT2D eigenvalue weighted by Gasteiger charge is 1.90.